The van der Waals surface area contributed by atoms with E-state index in [2.05, 4.69) is 13.8 Å². The SMILES string of the molecule is CCOC(=O)c1ccc(OCCC(C)C)cc1C. The van der Waals surface area contributed by atoms with Crippen molar-refractivity contribution in [3.63, 3.8) is 0 Å². The van der Waals surface area contributed by atoms with Crippen molar-refractivity contribution in [2.75, 3.05) is 13.2 Å². The second-order valence-electron chi connectivity index (χ2n) is 4.73. The van der Waals surface area contributed by atoms with Crippen molar-refractivity contribution in [1.29, 1.82) is 0 Å². The third-order valence-corrected chi connectivity index (χ3v) is 2.66. The van der Waals surface area contributed by atoms with Gasteiger partial charge in [0.05, 0.1) is 18.8 Å². The lowest BCUT2D eigenvalue weighted by Gasteiger charge is -2.10. The van der Waals surface area contributed by atoms with Gasteiger partial charge in [-0.25, -0.2) is 4.79 Å². The van der Waals surface area contributed by atoms with Crippen LogP contribution in [0.5, 0.6) is 5.75 Å². The molecule has 0 aliphatic rings. The predicted molar refractivity (Wildman–Crippen MR) is 72.1 cm³/mol. The van der Waals surface area contributed by atoms with Gasteiger partial charge in [0.1, 0.15) is 5.75 Å². The van der Waals surface area contributed by atoms with E-state index in [-0.39, 0.29) is 5.97 Å². The van der Waals surface area contributed by atoms with Gasteiger partial charge in [-0.05, 0) is 49.9 Å². The Labute approximate surface area is 109 Å². The molecule has 18 heavy (non-hydrogen) atoms. The van der Waals surface area contributed by atoms with E-state index in [1.54, 1.807) is 13.0 Å². The maximum atomic E-state index is 11.6. The van der Waals surface area contributed by atoms with Crippen LogP contribution < -0.4 is 4.74 Å². The molecule has 1 rings (SSSR count). The van der Waals surface area contributed by atoms with Gasteiger partial charge in [0.15, 0.2) is 0 Å². The lowest BCUT2D eigenvalue weighted by atomic mass is 10.1. The average molecular weight is 250 g/mol. The van der Waals surface area contributed by atoms with Gasteiger partial charge in [0.25, 0.3) is 0 Å². The Morgan fingerprint density at radius 3 is 2.61 bits per heavy atom. The maximum absolute atomic E-state index is 11.6. The highest BCUT2D eigenvalue weighted by Crippen LogP contribution is 2.18. The molecule has 0 aliphatic carbocycles. The minimum Gasteiger partial charge on any atom is -0.494 e. The van der Waals surface area contributed by atoms with Gasteiger partial charge in [-0.1, -0.05) is 13.8 Å². The summed E-state index contributed by atoms with van der Waals surface area (Å²) in [5.41, 5.74) is 1.49. The highest BCUT2D eigenvalue weighted by atomic mass is 16.5. The summed E-state index contributed by atoms with van der Waals surface area (Å²) in [5.74, 6) is 1.16. The lowest BCUT2D eigenvalue weighted by molar-refractivity contribution is 0.0525. The van der Waals surface area contributed by atoms with Gasteiger partial charge in [-0.3, -0.25) is 0 Å². The number of benzene rings is 1. The predicted octanol–water partition coefficient (Wildman–Crippen LogP) is 3.60. The quantitative estimate of drug-likeness (QED) is 0.724. The van der Waals surface area contributed by atoms with E-state index in [4.69, 9.17) is 9.47 Å². The molecule has 100 valence electrons. The Morgan fingerprint density at radius 1 is 1.33 bits per heavy atom. The molecule has 0 N–H and O–H groups in total. The Balaban J connectivity index is 2.64. The first-order valence-corrected chi connectivity index (χ1v) is 6.45. The lowest BCUT2D eigenvalue weighted by Crippen LogP contribution is -2.07. The first kappa shape index (κ1) is 14.6. The van der Waals surface area contributed by atoms with Crippen molar-refractivity contribution in [1.82, 2.24) is 0 Å². The van der Waals surface area contributed by atoms with Crippen molar-refractivity contribution < 1.29 is 14.3 Å². The normalized spacial score (nSPS) is 10.5. The van der Waals surface area contributed by atoms with E-state index in [1.165, 1.54) is 0 Å². The van der Waals surface area contributed by atoms with Crippen molar-refractivity contribution >= 4 is 5.97 Å². The molecular weight excluding hydrogens is 228 g/mol. The minimum atomic E-state index is -0.274. The molecule has 1 aromatic carbocycles. The summed E-state index contributed by atoms with van der Waals surface area (Å²) in [5, 5.41) is 0. The molecule has 0 radical (unpaired) electrons. The molecule has 0 saturated carbocycles. The zero-order chi connectivity index (χ0) is 13.5. The zero-order valence-corrected chi connectivity index (χ0v) is 11.7. The van der Waals surface area contributed by atoms with E-state index in [0.717, 1.165) is 17.7 Å². The molecule has 0 amide bonds. The van der Waals surface area contributed by atoms with E-state index in [1.807, 2.05) is 19.1 Å². The summed E-state index contributed by atoms with van der Waals surface area (Å²) >= 11 is 0. The van der Waals surface area contributed by atoms with Gasteiger partial charge in [-0.2, -0.15) is 0 Å². The third kappa shape index (κ3) is 4.40. The Hall–Kier alpha value is -1.51. The molecule has 1 aromatic rings. The highest BCUT2D eigenvalue weighted by molar-refractivity contribution is 5.91. The number of carbonyl (C=O) groups excluding carboxylic acids is 1. The summed E-state index contributed by atoms with van der Waals surface area (Å²) in [7, 11) is 0. The van der Waals surface area contributed by atoms with Gasteiger partial charge < -0.3 is 9.47 Å². The van der Waals surface area contributed by atoms with Gasteiger partial charge in [0, 0.05) is 0 Å². The molecular formula is C15H22O3. The molecule has 0 aromatic heterocycles. The number of hydrogen-bond acceptors (Lipinski definition) is 3. The fraction of sp³-hybridized carbons (Fsp3) is 0.533. The van der Waals surface area contributed by atoms with Crippen LogP contribution in [0.15, 0.2) is 18.2 Å². The van der Waals surface area contributed by atoms with Crippen LogP contribution in [0.25, 0.3) is 0 Å². The van der Waals surface area contributed by atoms with Gasteiger partial charge in [-0.15, -0.1) is 0 Å². The molecule has 0 spiro atoms. The number of esters is 1. The minimum absolute atomic E-state index is 0.274. The van der Waals surface area contributed by atoms with Crippen LogP contribution >= 0.6 is 0 Å². The summed E-state index contributed by atoms with van der Waals surface area (Å²) in [6, 6.07) is 5.46. The summed E-state index contributed by atoms with van der Waals surface area (Å²) < 4.78 is 10.6. The maximum Gasteiger partial charge on any atom is 0.338 e. The monoisotopic (exact) mass is 250 g/mol. The fourth-order valence-electron chi connectivity index (χ4n) is 1.58. The number of ether oxygens (including phenoxy) is 2. The largest absolute Gasteiger partial charge is 0.494 e. The molecule has 0 unspecified atom stereocenters. The molecule has 0 heterocycles. The Morgan fingerprint density at radius 2 is 2.06 bits per heavy atom. The molecule has 3 heteroatoms. The average Bonchev–Trinajstić information content (AvgIpc) is 2.28. The number of carbonyl (C=O) groups is 1. The van der Waals surface area contributed by atoms with Crippen molar-refractivity contribution in [2.24, 2.45) is 5.92 Å². The first-order valence-electron chi connectivity index (χ1n) is 6.45. The van der Waals surface area contributed by atoms with Crippen molar-refractivity contribution in [3.8, 4) is 5.75 Å². The molecule has 3 nitrogen and oxygen atoms in total. The number of hydrogen-bond donors (Lipinski definition) is 0. The molecule has 0 fully saturated rings. The van der Waals surface area contributed by atoms with Crippen molar-refractivity contribution in [3.05, 3.63) is 29.3 Å². The molecule has 0 saturated heterocycles. The smallest absolute Gasteiger partial charge is 0.338 e. The van der Waals surface area contributed by atoms with E-state index >= 15 is 0 Å². The third-order valence-electron chi connectivity index (χ3n) is 2.66. The molecule has 0 aliphatic heterocycles. The molecule has 0 atom stereocenters. The zero-order valence-electron chi connectivity index (χ0n) is 11.7. The van der Waals surface area contributed by atoms with Crippen LogP contribution in [0.2, 0.25) is 0 Å². The topological polar surface area (TPSA) is 35.5 Å². The van der Waals surface area contributed by atoms with E-state index in [0.29, 0.717) is 24.7 Å². The van der Waals surface area contributed by atoms with Crippen LogP contribution in [-0.2, 0) is 4.74 Å². The van der Waals surface area contributed by atoms with Crippen LogP contribution in [-0.4, -0.2) is 19.2 Å². The highest BCUT2D eigenvalue weighted by Gasteiger charge is 2.10. The van der Waals surface area contributed by atoms with Gasteiger partial charge >= 0.3 is 5.97 Å². The standard InChI is InChI=1S/C15H22O3/c1-5-17-15(16)14-7-6-13(10-12(14)4)18-9-8-11(2)3/h6-7,10-11H,5,8-9H2,1-4H3. The van der Waals surface area contributed by atoms with E-state index in [9.17, 15) is 4.79 Å². The summed E-state index contributed by atoms with van der Waals surface area (Å²) in [4.78, 5) is 11.6. The van der Waals surface area contributed by atoms with Gasteiger partial charge in [0.2, 0.25) is 0 Å². The summed E-state index contributed by atoms with van der Waals surface area (Å²) in [6.45, 7) is 9.12. The summed E-state index contributed by atoms with van der Waals surface area (Å²) in [6.07, 6.45) is 1.03. The Kier molecular flexibility index (Phi) is 5.69. The van der Waals surface area contributed by atoms with Crippen LogP contribution in [0.4, 0.5) is 0 Å². The second-order valence-corrected chi connectivity index (χ2v) is 4.73. The fourth-order valence-corrected chi connectivity index (χ4v) is 1.58. The second kappa shape index (κ2) is 7.04. The number of aryl methyl sites for hydroxylation is 1. The van der Waals surface area contributed by atoms with E-state index < -0.39 is 0 Å². The van der Waals surface area contributed by atoms with Crippen molar-refractivity contribution in [2.45, 2.75) is 34.1 Å². The first-order chi connectivity index (χ1) is 8.54. The number of rotatable bonds is 6. The molecule has 0 bridgehead atoms. The van der Waals surface area contributed by atoms with Crippen LogP contribution in [0.3, 0.4) is 0 Å². The van der Waals surface area contributed by atoms with Crippen LogP contribution in [0, 0.1) is 12.8 Å². The van der Waals surface area contributed by atoms with Crippen LogP contribution in [0.1, 0.15) is 43.1 Å². The Bertz CT molecular complexity index is 397.